The van der Waals surface area contributed by atoms with Gasteiger partial charge in [0.15, 0.2) is 0 Å². The van der Waals surface area contributed by atoms with E-state index in [9.17, 15) is 8.42 Å². The van der Waals surface area contributed by atoms with Gasteiger partial charge in [-0.15, -0.1) is 0 Å². The number of nitrogens with one attached hydrogen (secondary N) is 1. The van der Waals surface area contributed by atoms with E-state index in [4.69, 9.17) is 0 Å². The van der Waals surface area contributed by atoms with Gasteiger partial charge in [-0.3, -0.25) is 4.72 Å². The third-order valence-corrected chi connectivity index (χ3v) is 4.21. The molecule has 1 fully saturated rings. The topological polar surface area (TPSA) is 59.1 Å². The molecule has 2 rings (SSSR count). The van der Waals surface area contributed by atoms with Crippen LogP contribution >= 0.6 is 22.6 Å². The summed E-state index contributed by atoms with van der Waals surface area (Å²) in [5.74, 6) is 0.975. The number of halogens is 1. The van der Waals surface area contributed by atoms with Crippen LogP contribution in [0.5, 0.6) is 0 Å². The van der Waals surface area contributed by atoms with E-state index in [1.54, 1.807) is 12.3 Å². The average Bonchev–Trinajstić information content (AvgIpc) is 2.91. The summed E-state index contributed by atoms with van der Waals surface area (Å²) in [6.45, 7) is 0. The Morgan fingerprint density at radius 1 is 1.47 bits per heavy atom. The zero-order valence-corrected chi connectivity index (χ0v) is 11.0. The summed E-state index contributed by atoms with van der Waals surface area (Å²) in [5.41, 5.74) is 0. The Morgan fingerprint density at radius 3 is 2.73 bits per heavy atom. The molecule has 0 spiro atoms. The molecule has 0 bridgehead atoms. The maximum atomic E-state index is 11.6. The van der Waals surface area contributed by atoms with Gasteiger partial charge in [-0.1, -0.05) is 0 Å². The summed E-state index contributed by atoms with van der Waals surface area (Å²) in [7, 11) is -3.20. The van der Waals surface area contributed by atoms with E-state index in [1.807, 2.05) is 6.07 Å². The Bertz CT molecular complexity index is 440. The van der Waals surface area contributed by atoms with Crippen LogP contribution in [0.25, 0.3) is 0 Å². The van der Waals surface area contributed by atoms with Crippen molar-refractivity contribution in [2.75, 3.05) is 10.5 Å². The number of hydrogen-bond donors (Lipinski definition) is 1. The maximum absolute atomic E-state index is 11.6. The molecule has 1 N–H and O–H groups in total. The summed E-state index contributed by atoms with van der Waals surface area (Å²) in [4.78, 5) is 3.99. The molecule has 0 saturated heterocycles. The molecular formula is C9H11IN2O2S. The van der Waals surface area contributed by atoms with Crippen LogP contribution in [0.2, 0.25) is 0 Å². The molecule has 82 valence electrons. The third kappa shape index (κ3) is 3.60. The summed E-state index contributed by atoms with van der Waals surface area (Å²) in [6, 6.07) is 3.49. The van der Waals surface area contributed by atoms with Crippen LogP contribution in [0.4, 0.5) is 5.82 Å². The molecule has 15 heavy (non-hydrogen) atoms. The van der Waals surface area contributed by atoms with E-state index in [2.05, 4.69) is 32.3 Å². The second-order valence-electron chi connectivity index (χ2n) is 3.69. The van der Waals surface area contributed by atoms with Gasteiger partial charge < -0.3 is 0 Å². The monoisotopic (exact) mass is 338 g/mol. The predicted molar refractivity (Wildman–Crippen MR) is 67.1 cm³/mol. The summed E-state index contributed by atoms with van der Waals surface area (Å²) >= 11 is 2.12. The van der Waals surface area contributed by atoms with Crippen molar-refractivity contribution in [1.29, 1.82) is 0 Å². The lowest BCUT2D eigenvalue weighted by atomic mass is 10.5. The number of rotatable bonds is 4. The highest BCUT2D eigenvalue weighted by Crippen LogP contribution is 2.30. The van der Waals surface area contributed by atoms with Crippen molar-refractivity contribution >= 4 is 38.4 Å². The molecular weight excluding hydrogens is 327 g/mol. The molecule has 0 radical (unpaired) electrons. The minimum Gasteiger partial charge on any atom is -0.267 e. The smallest absolute Gasteiger partial charge is 0.234 e. The van der Waals surface area contributed by atoms with E-state index >= 15 is 0 Å². The van der Waals surface area contributed by atoms with Crippen molar-refractivity contribution in [1.82, 2.24) is 4.98 Å². The van der Waals surface area contributed by atoms with Gasteiger partial charge in [-0.2, -0.15) is 0 Å². The molecule has 1 aliphatic rings. The normalized spacial score (nSPS) is 16.3. The second-order valence-corrected chi connectivity index (χ2v) is 6.70. The standard InChI is InChI=1S/C9H11IN2O2S/c10-8-3-4-9(11-5-8)12-15(13,14)6-7-1-2-7/h3-5,7H,1-2,6H2,(H,11,12). The van der Waals surface area contributed by atoms with Crippen molar-refractivity contribution in [3.05, 3.63) is 21.9 Å². The van der Waals surface area contributed by atoms with Gasteiger partial charge in [0.05, 0.1) is 5.75 Å². The van der Waals surface area contributed by atoms with Gasteiger partial charge in [0.25, 0.3) is 0 Å². The number of nitrogens with zero attached hydrogens (tertiary/aromatic N) is 1. The highest BCUT2D eigenvalue weighted by Gasteiger charge is 2.28. The first-order chi connectivity index (χ1) is 7.05. The van der Waals surface area contributed by atoms with Crippen LogP contribution in [0.1, 0.15) is 12.8 Å². The Labute approximate surface area is 103 Å². The number of hydrogen-bond acceptors (Lipinski definition) is 3. The quantitative estimate of drug-likeness (QED) is 0.853. The Kier molecular flexibility index (Phi) is 3.15. The van der Waals surface area contributed by atoms with Gasteiger partial charge >= 0.3 is 0 Å². The Balaban J connectivity index is 2.03. The summed E-state index contributed by atoms with van der Waals surface area (Å²) in [5, 5.41) is 0. The molecule has 0 amide bonds. The van der Waals surface area contributed by atoms with Crippen LogP contribution in [0.15, 0.2) is 18.3 Å². The number of anilines is 1. The van der Waals surface area contributed by atoms with E-state index in [1.165, 1.54) is 0 Å². The third-order valence-electron chi connectivity index (χ3n) is 2.14. The number of pyridine rings is 1. The van der Waals surface area contributed by atoms with Crippen LogP contribution in [0, 0.1) is 9.49 Å². The highest BCUT2D eigenvalue weighted by atomic mass is 127. The fourth-order valence-electron chi connectivity index (χ4n) is 1.23. The minimum atomic E-state index is -3.20. The molecule has 0 aliphatic heterocycles. The lowest BCUT2D eigenvalue weighted by Crippen LogP contribution is -2.18. The lowest BCUT2D eigenvalue weighted by molar-refractivity contribution is 0.597. The van der Waals surface area contributed by atoms with Crippen LogP contribution in [0.3, 0.4) is 0 Å². The molecule has 0 atom stereocenters. The van der Waals surface area contributed by atoms with Gasteiger partial charge in [0, 0.05) is 9.77 Å². The molecule has 4 nitrogen and oxygen atoms in total. The van der Waals surface area contributed by atoms with Crippen molar-refractivity contribution in [2.24, 2.45) is 5.92 Å². The average molecular weight is 338 g/mol. The van der Waals surface area contributed by atoms with Gasteiger partial charge in [-0.25, -0.2) is 13.4 Å². The first-order valence-corrected chi connectivity index (χ1v) is 7.40. The zero-order chi connectivity index (χ0) is 10.9. The van der Waals surface area contributed by atoms with E-state index < -0.39 is 10.0 Å². The fourth-order valence-corrected chi connectivity index (χ4v) is 3.03. The van der Waals surface area contributed by atoms with E-state index in [0.29, 0.717) is 11.7 Å². The van der Waals surface area contributed by atoms with Crippen molar-refractivity contribution in [3.8, 4) is 0 Å². The fraction of sp³-hybridized carbons (Fsp3) is 0.444. The van der Waals surface area contributed by atoms with E-state index in [-0.39, 0.29) is 5.75 Å². The van der Waals surface area contributed by atoms with Crippen molar-refractivity contribution in [2.45, 2.75) is 12.8 Å². The van der Waals surface area contributed by atoms with Crippen LogP contribution < -0.4 is 4.72 Å². The summed E-state index contributed by atoms with van der Waals surface area (Å²) in [6.07, 6.45) is 3.69. The van der Waals surface area contributed by atoms with Crippen molar-refractivity contribution < 1.29 is 8.42 Å². The van der Waals surface area contributed by atoms with Gasteiger partial charge in [0.2, 0.25) is 10.0 Å². The van der Waals surface area contributed by atoms with Crippen molar-refractivity contribution in [3.63, 3.8) is 0 Å². The van der Waals surface area contributed by atoms with E-state index in [0.717, 1.165) is 16.4 Å². The predicted octanol–water partition coefficient (Wildman–Crippen LogP) is 1.84. The molecule has 6 heteroatoms. The first kappa shape index (κ1) is 11.1. The molecule has 1 aromatic rings. The molecule has 0 unspecified atom stereocenters. The second kappa shape index (κ2) is 4.25. The molecule has 1 aromatic heterocycles. The number of sulfonamides is 1. The Hall–Kier alpha value is -0.370. The number of aromatic nitrogens is 1. The van der Waals surface area contributed by atoms with Crippen LogP contribution in [-0.4, -0.2) is 19.2 Å². The molecule has 0 aromatic carbocycles. The molecule has 1 aliphatic carbocycles. The maximum Gasteiger partial charge on any atom is 0.234 e. The Morgan fingerprint density at radius 2 is 2.20 bits per heavy atom. The summed E-state index contributed by atoms with van der Waals surface area (Å²) < 4.78 is 26.6. The molecule has 1 heterocycles. The van der Waals surface area contributed by atoms with Gasteiger partial charge in [-0.05, 0) is 53.5 Å². The lowest BCUT2D eigenvalue weighted by Gasteiger charge is -2.05. The molecule has 1 saturated carbocycles. The zero-order valence-electron chi connectivity index (χ0n) is 7.98. The SMILES string of the molecule is O=S(=O)(CC1CC1)Nc1ccc(I)cn1. The van der Waals surface area contributed by atoms with Crippen LogP contribution in [-0.2, 0) is 10.0 Å². The highest BCUT2D eigenvalue weighted by molar-refractivity contribution is 14.1. The minimum absolute atomic E-state index is 0.223. The van der Waals surface area contributed by atoms with Gasteiger partial charge in [0.1, 0.15) is 5.82 Å². The first-order valence-electron chi connectivity index (χ1n) is 4.67. The largest absolute Gasteiger partial charge is 0.267 e.